The van der Waals surface area contributed by atoms with E-state index >= 15 is 0 Å². The van der Waals surface area contributed by atoms with Crippen LogP contribution in [0.2, 0.25) is 0 Å². The first kappa shape index (κ1) is 17.1. The molecule has 0 spiro atoms. The van der Waals surface area contributed by atoms with Crippen LogP contribution in [0.3, 0.4) is 0 Å². The maximum Gasteiger partial charge on any atom is 0.0726 e. The molecule has 0 aromatic carbocycles. The van der Waals surface area contributed by atoms with Crippen LogP contribution in [0.15, 0.2) is 12.2 Å². The van der Waals surface area contributed by atoms with Crippen LogP contribution >= 0.6 is 0 Å². The third-order valence-electron chi connectivity index (χ3n) is 9.79. The minimum absolute atomic E-state index is 0.157. The topological polar surface area (TPSA) is 20.2 Å². The lowest BCUT2D eigenvalue weighted by molar-refractivity contribution is -0.163. The highest BCUT2D eigenvalue weighted by Crippen LogP contribution is 2.69. The summed E-state index contributed by atoms with van der Waals surface area (Å²) < 4.78 is 0. The van der Waals surface area contributed by atoms with Crippen molar-refractivity contribution in [3.8, 4) is 0 Å². The van der Waals surface area contributed by atoms with Crippen LogP contribution in [0.1, 0.15) is 85.5 Å². The molecule has 0 amide bonds. The SMILES string of the molecule is C=C1CC[C@]2(C)C3CC[C@@]4(C)[C@@H](CC[C@]4(O)C(C)C)[C@@H]3CC[C@H]2C1. The fourth-order valence-corrected chi connectivity index (χ4v) is 8.16. The van der Waals surface area contributed by atoms with Crippen LogP contribution in [0.4, 0.5) is 0 Å². The lowest BCUT2D eigenvalue weighted by Gasteiger charge is -2.61. The summed E-state index contributed by atoms with van der Waals surface area (Å²) in [6.45, 7) is 13.9. The molecule has 0 saturated heterocycles. The predicted octanol–water partition coefficient (Wildman–Crippen LogP) is 5.97. The Kier molecular flexibility index (Phi) is 3.82. The zero-order chi connectivity index (χ0) is 17.3. The summed E-state index contributed by atoms with van der Waals surface area (Å²) in [6.07, 6.45) is 11.6. The van der Waals surface area contributed by atoms with Gasteiger partial charge in [-0.15, -0.1) is 0 Å². The zero-order valence-corrected chi connectivity index (χ0v) is 16.4. The molecule has 1 heteroatoms. The molecule has 136 valence electrons. The van der Waals surface area contributed by atoms with Gasteiger partial charge in [-0.05, 0) is 98.2 Å². The Morgan fingerprint density at radius 2 is 1.71 bits per heavy atom. The molecule has 0 aromatic rings. The third kappa shape index (κ3) is 2.03. The van der Waals surface area contributed by atoms with Crippen molar-refractivity contribution in [2.45, 2.75) is 91.1 Å². The molecule has 1 unspecified atom stereocenters. The van der Waals surface area contributed by atoms with E-state index in [1.54, 1.807) is 0 Å². The second-order valence-electron chi connectivity index (χ2n) is 10.7. The first-order valence-corrected chi connectivity index (χ1v) is 10.6. The zero-order valence-electron chi connectivity index (χ0n) is 16.4. The normalized spacial score (nSPS) is 54.3. The largest absolute Gasteiger partial charge is 0.389 e. The van der Waals surface area contributed by atoms with Gasteiger partial charge in [-0.25, -0.2) is 0 Å². The van der Waals surface area contributed by atoms with E-state index in [9.17, 15) is 5.11 Å². The molecule has 4 rings (SSSR count). The van der Waals surface area contributed by atoms with E-state index in [4.69, 9.17) is 0 Å². The molecular formula is C23H38O. The Bertz CT molecular complexity index is 536. The molecule has 4 saturated carbocycles. The van der Waals surface area contributed by atoms with Gasteiger partial charge in [0.25, 0.3) is 0 Å². The minimum atomic E-state index is -0.429. The second kappa shape index (κ2) is 5.35. The van der Waals surface area contributed by atoms with Gasteiger partial charge in [0.05, 0.1) is 5.60 Å². The second-order valence-corrected chi connectivity index (χ2v) is 10.7. The van der Waals surface area contributed by atoms with Gasteiger partial charge in [0.1, 0.15) is 0 Å². The lowest BCUT2D eigenvalue weighted by Crippen LogP contribution is -2.57. The van der Waals surface area contributed by atoms with Crippen molar-refractivity contribution < 1.29 is 5.11 Å². The number of aliphatic hydroxyl groups is 1. The van der Waals surface area contributed by atoms with Crippen molar-refractivity contribution in [3.05, 3.63) is 12.2 Å². The molecule has 0 heterocycles. The van der Waals surface area contributed by atoms with E-state index < -0.39 is 5.60 Å². The predicted molar refractivity (Wildman–Crippen MR) is 101 cm³/mol. The van der Waals surface area contributed by atoms with E-state index in [0.29, 0.717) is 11.3 Å². The van der Waals surface area contributed by atoms with E-state index in [-0.39, 0.29) is 5.41 Å². The van der Waals surface area contributed by atoms with Crippen molar-refractivity contribution in [3.63, 3.8) is 0 Å². The highest BCUT2D eigenvalue weighted by atomic mass is 16.3. The van der Waals surface area contributed by atoms with Crippen LogP contribution in [0.5, 0.6) is 0 Å². The van der Waals surface area contributed by atoms with Crippen molar-refractivity contribution in [2.75, 3.05) is 0 Å². The molecule has 4 aliphatic carbocycles. The van der Waals surface area contributed by atoms with Crippen molar-refractivity contribution >= 4 is 0 Å². The smallest absolute Gasteiger partial charge is 0.0726 e. The summed E-state index contributed by atoms with van der Waals surface area (Å²) in [7, 11) is 0. The van der Waals surface area contributed by atoms with Gasteiger partial charge in [-0.1, -0.05) is 39.8 Å². The summed E-state index contributed by atoms with van der Waals surface area (Å²) in [5.74, 6) is 3.79. The first-order chi connectivity index (χ1) is 11.2. The fourth-order valence-electron chi connectivity index (χ4n) is 8.16. The number of hydrogen-bond donors (Lipinski definition) is 1. The fraction of sp³-hybridized carbons (Fsp3) is 0.913. The molecule has 7 atom stereocenters. The van der Waals surface area contributed by atoms with Crippen LogP contribution < -0.4 is 0 Å². The molecule has 0 aliphatic heterocycles. The molecule has 0 aromatic heterocycles. The first-order valence-electron chi connectivity index (χ1n) is 10.6. The third-order valence-corrected chi connectivity index (χ3v) is 9.79. The average molecular weight is 331 g/mol. The molecule has 4 aliphatic rings. The molecule has 0 radical (unpaired) electrons. The Morgan fingerprint density at radius 1 is 1.00 bits per heavy atom. The minimum Gasteiger partial charge on any atom is -0.389 e. The number of fused-ring (bicyclic) bond motifs is 5. The molecule has 4 fully saturated rings. The summed E-state index contributed by atoms with van der Waals surface area (Å²) in [4.78, 5) is 0. The van der Waals surface area contributed by atoms with Crippen LogP contribution in [0.25, 0.3) is 0 Å². The summed E-state index contributed by atoms with van der Waals surface area (Å²) in [5.41, 5.74) is 1.78. The molecule has 24 heavy (non-hydrogen) atoms. The highest BCUT2D eigenvalue weighted by Gasteiger charge is 2.64. The van der Waals surface area contributed by atoms with Gasteiger partial charge in [0.15, 0.2) is 0 Å². The van der Waals surface area contributed by atoms with Crippen molar-refractivity contribution in [1.82, 2.24) is 0 Å². The van der Waals surface area contributed by atoms with Gasteiger partial charge >= 0.3 is 0 Å². The number of allylic oxidation sites excluding steroid dienone is 1. The summed E-state index contributed by atoms with van der Waals surface area (Å²) in [6, 6.07) is 0. The lowest BCUT2D eigenvalue weighted by atomic mass is 9.44. The Hall–Kier alpha value is -0.300. The Morgan fingerprint density at radius 3 is 2.42 bits per heavy atom. The Labute approximate surface area is 149 Å². The Balaban J connectivity index is 1.64. The average Bonchev–Trinajstić information content (AvgIpc) is 2.81. The standard InChI is InChI=1S/C23H38O/c1-15(2)23(24)13-10-20-18-7-6-17-14-16(3)8-11-21(17,4)19(18)9-12-22(20,23)5/h15,17-20,24H,3,6-14H2,1-2,4-5H3/t17-,18+,19?,20-,21-,22-,23-/m0/s1. The van der Waals surface area contributed by atoms with E-state index in [2.05, 4.69) is 34.3 Å². The molecular weight excluding hydrogens is 292 g/mol. The van der Waals surface area contributed by atoms with Crippen LogP contribution in [-0.4, -0.2) is 10.7 Å². The van der Waals surface area contributed by atoms with Crippen molar-refractivity contribution in [2.24, 2.45) is 40.4 Å². The van der Waals surface area contributed by atoms with Crippen LogP contribution in [-0.2, 0) is 0 Å². The van der Waals surface area contributed by atoms with Gasteiger partial charge < -0.3 is 5.11 Å². The van der Waals surface area contributed by atoms with Gasteiger partial charge in [0.2, 0.25) is 0 Å². The molecule has 1 N–H and O–H groups in total. The molecule has 1 nitrogen and oxygen atoms in total. The van der Waals surface area contributed by atoms with Crippen molar-refractivity contribution in [1.29, 1.82) is 0 Å². The van der Waals surface area contributed by atoms with Gasteiger partial charge in [0, 0.05) is 0 Å². The van der Waals surface area contributed by atoms with E-state index in [0.717, 1.165) is 30.1 Å². The monoisotopic (exact) mass is 330 g/mol. The van der Waals surface area contributed by atoms with E-state index in [1.807, 2.05) is 0 Å². The number of rotatable bonds is 1. The number of hydrogen-bond acceptors (Lipinski definition) is 1. The van der Waals surface area contributed by atoms with Gasteiger partial charge in [-0.3, -0.25) is 0 Å². The van der Waals surface area contributed by atoms with Gasteiger partial charge in [-0.2, -0.15) is 0 Å². The summed E-state index contributed by atoms with van der Waals surface area (Å²) in [5, 5.41) is 11.5. The maximum atomic E-state index is 11.5. The quantitative estimate of drug-likeness (QED) is 0.587. The molecule has 0 bridgehead atoms. The van der Waals surface area contributed by atoms with Crippen LogP contribution in [0, 0.1) is 40.4 Å². The summed E-state index contributed by atoms with van der Waals surface area (Å²) >= 11 is 0. The highest BCUT2D eigenvalue weighted by molar-refractivity contribution is 5.16. The van der Waals surface area contributed by atoms with E-state index in [1.165, 1.54) is 56.9 Å². The maximum absolute atomic E-state index is 11.5.